The predicted octanol–water partition coefficient (Wildman–Crippen LogP) is 2.97. The van der Waals surface area contributed by atoms with Crippen molar-refractivity contribution < 1.29 is 13.2 Å². The summed E-state index contributed by atoms with van der Waals surface area (Å²) in [7, 11) is 0. The Labute approximate surface area is 133 Å². The van der Waals surface area contributed by atoms with E-state index in [0.717, 1.165) is 47.3 Å². The average Bonchev–Trinajstić information content (AvgIpc) is 2.92. The summed E-state index contributed by atoms with van der Waals surface area (Å²) in [4.78, 5) is 4.38. The standard InChI is InChI=1S/C11H13F3N6S2/c1-3-6-7(4-2)17-19-9(16-6)22-10-20-18-8(21-10)15-5-11(12,13)14/h3-5H2,1-2H3,(H,15,18). The molecule has 0 radical (unpaired) electrons. The Morgan fingerprint density at radius 2 is 1.77 bits per heavy atom. The van der Waals surface area contributed by atoms with Gasteiger partial charge in [0.15, 0.2) is 4.34 Å². The molecule has 0 saturated carbocycles. The topological polar surface area (TPSA) is 76.5 Å². The Balaban J connectivity index is 2.04. The van der Waals surface area contributed by atoms with Crippen LogP contribution < -0.4 is 5.32 Å². The molecule has 2 rings (SSSR count). The van der Waals surface area contributed by atoms with E-state index in [0.29, 0.717) is 9.50 Å². The zero-order valence-electron chi connectivity index (χ0n) is 11.8. The molecule has 120 valence electrons. The molecule has 0 amide bonds. The van der Waals surface area contributed by atoms with Gasteiger partial charge >= 0.3 is 6.18 Å². The third-order valence-electron chi connectivity index (χ3n) is 2.51. The maximum absolute atomic E-state index is 12.1. The lowest BCUT2D eigenvalue weighted by Crippen LogP contribution is -2.21. The molecule has 2 aromatic heterocycles. The molecule has 0 unspecified atom stereocenters. The SMILES string of the molecule is CCc1nnc(Sc2nnc(NCC(F)(F)F)s2)nc1CC. The fourth-order valence-electron chi connectivity index (χ4n) is 1.54. The summed E-state index contributed by atoms with van der Waals surface area (Å²) in [6.45, 7) is 2.80. The molecule has 0 atom stereocenters. The number of aryl methyl sites for hydroxylation is 2. The molecule has 0 saturated heterocycles. The molecular weight excluding hydrogens is 337 g/mol. The summed E-state index contributed by atoms with van der Waals surface area (Å²) in [6.07, 6.45) is -2.81. The van der Waals surface area contributed by atoms with E-state index in [1.165, 1.54) is 0 Å². The third kappa shape index (κ3) is 4.77. The summed E-state index contributed by atoms with van der Waals surface area (Å²) >= 11 is 2.14. The fourth-order valence-corrected chi connectivity index (χ4v) is 3.12. The minimum atomic E-state index is -4.29. The number of nitrogens with zero attached hydrogens (tertiary/aromatic N) is 5. The molecule has 2 aromatic rings. The van der Waals surface area contributed by atoms with E-state index >= 15 is 0 Å². The lowest BCUT2D eigenvalue weighted by Gasteiger charge is -2.05. The molecule has 0 spiro atoms. The van der Waals surface area contributed by atoms with Gasteiger partial charge in [-0.05, 0) is 24.6 Å². The van der Waals surface area contributed by atoms with Gasteiger partial charge in [-0.3, -0.25) is 0 Å². The van der Waals surface area contributed by atoms with Crippen LogP contribution in [0, 0.1) is 0 Å². The van der Waals surface area contributed by atoms with Crippen LogP contribution in [-0.2, 0) is 12.8 Å². The van der Waals surface area contributed by atoms with Crippen LogP contribution in [0.25, 0.3) is 0 Å². The molecule has 22 heavy (non-hydrogen) atoms. The smallest absolute Gasteiger partial charge is 0.351 e. The van der Waals surface area contributed by atoms with Crippen molar-refractivity contribution >= 4 is 28.2 Å². The first-order valence-electron chi connectivity index (χ1n) is 6.45. The normalized spacial score (nSPS) is 11.7. The number of nitrogens with one attached hydrogen (secondary N) is 1. The van der Waals surface area contributed by atoms with Gasteiger partial charge in [0.1, 0.15) is 6.54 Å². The van der Waals surface area contributed by atoms with Crippen molar-refractivity contribution in [3.8, 4) is 0 Å². The minimum Gasteiger partial charge on any atom is -0.351 e. The summed E-state index contributed by atoms with van der Waals surface area (Å²) in [5.41, 5.74) is 1.71. The van der Waals surface area contributed by atoms with Crippen LogP contribution in [0.1, 0.15) is 25.2 Å². The van der Waals surface area contributed by atoms with Gasteiger partial charge in [0.2, 0.25) is 10.3 Å². The van der Waals surface area contributed by atoms with Crippen LogP contribution in [0.15, 0.2) is 9.50 Å². The third-order valence-corrected chi connectivity index (χ3v) is 4.30. The number of hydrogen-bond acceptors (Lipinski definition) is 8. The maximum atomic E-state index is 12.1. The van der Waals surface area contributed by atoms with Gasteiger partial charge in [-0.15, -0.1) is 15.3 Å². The summed E-state index contributed by atoms with van der Waals surface area (Å²) < 4.78 is 36.8. The van der Waals surface area contributed by atoms with Crippen LogP contribution in [0.3, 0.4) is 0 Å². The number of rotatable bonds is 6. The molecule has 0 aliphatic carbocycles. The van der Waals surface area contributed by atoms with Gasteiger partial charge in [-0.25, -0.2) is 4.98 Å². The summed E-state index contributed by atoms with van der Waals surface area (Å²) in [5.74, 6) is 0. The van der Waals surface area contributed by atoms with Gasteiger partial charge in [-0.2, -0.15) is 18.3 Å². The second-order valence-electron chi connectivity index (χ2n) is 4.14. The number of hydrogen-bond donors (Lipinski definition) is 1. The first kappa shape index (κ1) is 16.9. The fraction of sp³-hybridized carbons (Fsp3) is 0.545. The predicted molar refractivity (Wildman–Crippen MR) is 77.2 cm³/mol. The van der Waals surface area contributed by atoms with E-state index in [4.69, 9.17) is 0 Å². The molecule has 0 aromatic carbocycles. The van der Waals surface area contributed by atoms with Crippen LogP contribution in [0.5, 0.6) is 0 Å². The molecule has 1 N–H and O–H groups in total. The molecule has 0 fully saturated rings. The molecule has 0 aliphatic rings. The first-order chi connectivity index (χ1) is 10.4. The van der Waals surface area contributed by atoms with Crippen LogP contribution >= 0.6 is 23.1 Å². The Bertz CT molecular complexity index is 631. The molecule has 11 heteroatoms. The lowest BCUT2D eigenvalue weighted by molar-refractivity contribution is -0.115. The Morgan fingerprint density at radius 3 is 2.41 bits per heavy atom. The number of aromatic nitrogens is 5. The number of halogens is 3. The van der Waals surface area contributed by atoms with Gasteiger partial charge in [-0.1, -0.05) is 25.2 Å². The van der Waals surface area contributed by atoms with Crippen molar-refractivity contribution in [3.05, 3.63) is 11.4 Å². The molecule has 0 bridgehead atoms. The number of alkyl halides is 3. The molecule has 6 nitrogen and oxygen atoms in total. The molecule has 2 heterocycles. The highest BCUT2D eigenvalue weighted by molar-refractivity contribution is 8.00. The van der Waals surface area contributed by atoms with Crippen molar-refractivity contribution in [2.75, 3.05) is 11.9 Å². The highest BCUT2D eigenvalue weighted by Crippen LogP contribution is 2.30. The van der Waals surface area contributed by atoms with E-state index in [9.17, 15) is 13.2 Å². The van der Waals surface area contributed by atoms with Crippen molar-refractivity contribution in [3.63, 3.8) is 0 Å². The van der Waals surface area contributed by atoms with E-state index in [1.54, 1.807) is 0 Å². The quantitative estimate of drug-likeness (QED) is 0.858. The second-order valence-corrected chi connectivity index (χ2v) is 6.33. The summed E-state index contributed by atoms with van der Waals surface area (Å²) in [5, 5.41) is 18.2. The van der Waals surface area contributed by atoms with Gasteiger partial charge in [0.25, 0.3) is 0 Å². The van der Waals surface area contributed by atoms with Crippen LogP contribution in [-0.4, -0.2) is 38.1 Å². The zero-order chi connectivity index (χ0) is 16.2. The Hall–Kier alpha value is -1.49. The first-order valence-corrected chi connectivity index (χ1v) is 8.09. The summed E-state index contributed by atoms with van der Waals surface area (Å²) in [6, 6.07) is 0. The Kier molecular flexibility index (Phi) is 5.51. The van der Waals surface area contributed by atoms with E-state index < -0.39 is 12.7 Å². The van der Waals surface area contributed by atoms with Gasteiger partial charge in [0, 0.05) is 0 Å². The van der Waals surface area contributed by atoms with Crippen molar-refractivity contribution in [2.45, 2.75) is 42.4 Å². The molecular formula is C11H13F3N6S2. The highest BCUT2D eigenvalue weighted by atomic mass is 32.2. The Morgan fingerprint density at radius 1 is 1.05 bits per heavy atom. The maximum Gasteiger partial charge on any atom is 0.405 e. The van der Waals surface area contributed by atoms with E-state index in [1.807, 2.05) is 13.8 Å². The highest BCUT2D eigenvalue weighted by Gasteiger charge is 2.27. The monoisotopic (exact) mass is 350 g/mol. The van der Waals surface area contributed by atoms with Crippen molar-refractivity contribution in [1.82, 2.24) is 25.4 Å². The second kappa shape index (κ2) is 7.18. The van der Waals surface area contributed by atoms with E-state index in [2.05, 4.69) is 30.7 Å². The van der Waals surface area contributed by atoms with Crippen LogP contribution in [0.4, 0.5) is 18.3 Å². The zero-order valence-corrected chi connectivity index (χ0v) is 13.4. The lowest BCUT2D eigenvalue weighted by atomic mass is 10.2. The van der Waals surface area contributed by atoms with Crippen molar-refractivity contribution in [2.24, 2.45) is 0 Å². The van der Waals surface area contributed by atoms with Crippen molar-refractivity contribution in [1.29, 1.82) is 0 Å². The largest absolute Gasteiger partial charge is 0.405 e. The molecule has 0 aliphatic heterocycles. The van der Waals surface area contributed by atoms with E-state index in [-0.39, 0.29) is 5.13 Å². The number of anilines is 1. The minimum absolute atomic E-state index is 0.105. The van der Waals surface area contributed by atoms with Gasteiger partial charge in [0.05, 0.1) is 11.4 Å². The van der Waals surface area contributed by atoms with Gasteiger partial charge < -0.3 is 5.32 Å². The van der Waals surface area contributed by atoms with Crippen LogP contribution in [0.2, 0.25) is 0 Å². The average molecular weight is 350 g/mol.